The van der Waals surface area contributed by atoms with Crippen LogP contribution in [-0.2, 0) is 17.7 Å². The smallest absolute Gasteiger partial charge is 0.107 e. The largest absolute Gasteiger partial charge is 0.383 e. The van der Waals surface area contributed by atoms with E-state index in [1.54, 1.807) is 7.11 Å². The maximum absolute atomic E-state index is 8.46. The van der Waals surface area contributed by atoms with Gasteiger partial charge in [-0.1, -0.05) is 0 Å². The molecule has 0 aromatic carbocycles. The van der Waals surface area contributed by atoms with Crippen molar-refractivity contribution in [2.45, 2.75) is 13.0 Å². The number of ether oxygens (including phenoxy) is 1. The summed E-state index contributed by atoms with van der Waals surface area (Å²) >= 11 is 1.53. The first-order valence-corrected chi connectivity index (χ1v) is 5.24. The lowest BCUT2D eigenvalue weighted by Gasteiger charge is -2.00. The molecule has 0 radical (unpaired) electrons. The number of thiazole rings is 1. The number of rotatable bonds is 6. The minimum absolute atomic E-state index is 0.405. The fourth-order valence-corrected chi connectivity index (χ4v) is 1.70. The Morgan fingerprint density at radius 2 is 2.57 bits per heavy atom. The second kappa shape index (κ2) is 6.49. The Bertz CT molecular complexity index is 305. The molecule has 1 N–H and O–H groups in total. The number of nitrogens with one attached hydrogen (secondary N) is 1. The zero-order chi connectivity index (χ0) is 10.2. The van der Waals surface area contributed by atoms with E-state index < -0.39 is 0 Å². The molecule has 0 aliphatic rings. The van der Waals surface area contributed by atoms with E-state index in [-0.39, 0.29) is 0 Å². The molecule has 1 aromatic heterocycles. The third-order valence-corrected chi connectivity index (χ3v) is 2.52. The first-order chi connectivity index (χ1) is 6.86. The van der Waals surface area contributed by atoms with Crippen LogP contribution in [0.4, 0.5) is 0 Å². The molecule has 1 rings (SSSR count). The van der Waals surface area contributed by atoms with Crippen molar-refractivity contribution in [2.75, 3.05) is 20.3 Å². The van der Waals surface area contributed by atoms with Gasteiger partial charge in [0.2, 0.25) is 0 Å². The molecule has 0 aliphatic heterocycles. The minimum atomic E-state index is 0.405. The topological polar surface area (TPSA) is 57.9 Å². The van der Waals surface area contributed by atoms with E-state index in [0.29, 0.717) is 13.0 Å². The molecule has 0 fully saturated rings. The van der Waals surface area contributed by atoms with Crippen molar-refractivity contribution < 1.29 is 4.74 Å². The molecule has 14 heavy (non-hydrogen) atoms. The molecule has 0 unspecified atom stereocenters. The van der Waals surface area contributed by atoms with E-state index in [0.717, 1.165) is 23.8 Å². The highest BCUT2D eigenvalue weighted by molar-refractivity contribution is 7.09. The van der Waals surface area contributed by atoms with Gasteiger partial charge in [0.15, 0.2) is 0 Å². The van der Waals surface area contributed by atoms with Gasteiger partial charge in [-0.25, -0.2) is 4.98 Å². The van der Waals surface area contributed by atoms with Crippen molar-refractivity contribution in [1.29, 1.82) is 5.26 Å². The third kappa shape index (κ3) is 3.83. The highest BCUT2D eigenvalue weighted by Crippen LogP contribution is 2.09. The van der Waals surface area contributed by atoms with Crippen molar-refractivity contribution in [3.8, 4) is 6.07 Å². The Labute approximate surface area is 87.5 Å². The number of nitrogens with zero attached hydrogens (tertiary/aromatic N) is 2. The lowest BCUT2D eigenvalue weighted by Crippen LogP contribution is -2.18. The van der Waals surface area contributed by atoms with Gasteiger partial charge in [0.1, 0.15) is 5.01 Å². The van der Waals surface area contributed by atoms with Crippen LogP contribution in [0.15, 0.2) is 5.38 Å². The fourth-order valence-electron chi connectivity index (χ4n) is 0.970. The number of aromatic nitrogens is 1. The van der Waals surface area contributed by atoms with Crippen LogP contribution >= 0.6 is 11.3 Å². The fraction of sp³-hybridized carbons (Fsp3) is 0.556. The Morgan fingerprint density at radius 3 is 3.29 bits per heavy atom. The molecule has 1 aromatic rings. The molecular formula is C9H13N3OS. The summed E-state index contributed by atoms with van der Waals surface area (Å²) in [5, 5.41) is 14.5. The van der Waals surface area contributed by atoms with Crippen molar-refractivity contribution in [3.63, 3.8) is 0 Å². The van der Waals surface area contributed by atoms with Gasteiger partial charge in [-0.05, 0) is 0 Å². The molecule has 76 valence electrons. The average molecular weight is 211 g/mol. The quantitative estimate of drug-likeness (QED) is 0.712. The molecule has 0 saturated heterocycles. The van der Waals surface area contributed by atoms with Gasteiger partial charge in [0, 0.05) is 25.6 Å². The molecule has 0 aliphatic carbocycles. The van der Waals surface area contributed by atoms with Crippen LogP contribution in [-0.4, -0.2) is 25.2 Å². The van der Waals surface area contributed by atoms with Gasteiger partial charge in [-0.2, -0.15) is 5.26 Å². The SMILES string of the molecule is COCCNCc1csc(CC#N)n1. The normalized spacial score (nSPS) is 10.0. The van der Waals surface area contributed by atoms with E-state index in [1.165, 1.54) is 11.3 Å². The van der Waals surface area contributed by atoms with Crippen LogP contribution in [0.5, 0.6) is 0 Å². The van der Waals surface area contributed by atoms with Crippen molar-refractivity contribution in [3.05, 3.63) is 16.1 Å². The van der Waals surface area contributed by atoms with Gasteiger partial charge < -0.3 is 10.1 Å². The number of methoxy groups -OCH3 is 1. The molecule has 4 nitrogen and oxygen atoms in total. The molecule has 0 bridgehead atoms. The van der Waals surface area contributed by atoms with Crippen LogP contribution in [0.3, 0.4) is 0 Å². The first kappa shape index (κ1) is 11.1. The van der Waals surface area contributed by atoms with Gasteiger partial charge in [-0.15, -0.1) is 11.3 Å². The Morgan fingerprint density at radius 1 is 1.71 bits per heavy atom. The van der Waals surface area contributed by atoms with Crippen molar-refractivity contribution in [2.24, 2.45) is 0 Å². The number of hydrogen-bond acceptors (Lipinski definition) is 5. The van der Waals surface area contributed by atoms with Crippen LogP contribution in [0, 0.1) is 11.3 Å². The van der Waals surface area contributed by atoms with Gasteiger partial charge >= 0.3 is 0 Å². The average Bonchev–Trinajstić information content (AvgIpc) is 2.61. The summed E-state index contributed by atoms with van der Waals surface area (Å²) in [5.74, 6) is 0. The second-order valence-electron chi connectivity index (χ2n) is 2.74. The Kier molecular flexibility index (Phi) is 5.15. The van der Waals surface area contributed by atoms with Crippen LogP contribution < -0.4 is 5.32 Å². The summed E-state index contributed by atoms with van der Waals surface area (Å²) in [6.07, 6.45) is 0.405. The molecule has 1 heterocycles. The van der Waals surface area contributed by atoms with Crippen LogP contribution in [0.1, 0.15) is 10.7 Å². The third-order valence-electron chi connectivity index (χ3n) is 1.62. The predicted molar refractivity (Wildman–Crippen MR) is 55.0 cm³/mol. The van der Waals surface area contributed by atoms with E-state index in [1.807, 2.05) is 5.38 Å². The van der Waals surface area contributed by atoms with Crippen molar-refractivity contribution in [1.82, 2.24) is 10.3 Å². The lowest BCUT2D eigenvalue weighted by atomic mass is 10.4. The van der Waals surface area contributed by atoms with Crippen LogP contribution in [0.2, 0.25) is 0 Å². The first-order valence-electron chi connectivity index (χ1n) is 4.36. The molecule has 5 heteroatoms. The maximum Gasteiger partial charge on any atom is 0.107 e. The summed E-state index contributed by atoms with van der Waals surface area (Å²) in [6, 6.07) is 2.08. The summed E-state index contributed by atoms with van der Waals surface area (Å²) in [6.45, 7) is 2.27. The van der Waals surface area contributed by atoms with Crippen molar-refractivity contribution >= 4 is 11.3 Å². The number of hydrogen-bond donors (Lipinski definition) is 1. The van der Waals surface area contributed by atoms with E-state index >= 15 is 0 Å². The van der Waals surface area contributed by atoms with E-state index in [4.69, 9.17) is 10.00 Å². The zero-order valence-corrected chi connectivity index (χ0v) is 8.93. The second-order valence-corrected chi connectivity index (χ2v) is 3.68. The maximum atomic E-state index is 8.46. The molecule has 0 spiro atoms. The molecular weight excluding hydrogens is 198 g/mol. The highest BCUT2D eigenvalue weighted by atomic mass is 32.1. The standard InChI is InChI=1S/C9H13N3OS/c1-13-5-4-11-6-8-7-14-9(12-8)2-3-10/h7,11H,2,4-6H2,1H3. The highest BCUT2D eigenvalue weighted by Gasteiger charge is 2.00. The molecule has 0 atom stereocenters. The van der Waals surface area contributed by atoms with Gasteiger partial charge in [-0.3, -0.25) is 0 Å². The Balaban J connectivity index is 2.26. The summed E-state index contributed by atoms with van der Waals surface area (Å²) in [7, 11) is 1.68. The monoisotopic (exact) mass is 211 g/mol. The molecule has 0 amide bonds. The summed E-state index contributed by atoms with van der Waals surface area (Å²) in [5.41, 5.74) is 0.997. The summed E-state index contributed by atoms with van der Waals surface area (Å²) in [4.78, 5) is 4.29. The Hall–Kier alpha value is -0.960. The van der Waals surface area contributed by atoms with Crippen LogP contribution in [0.25, 0.3) is 0 Å². The predicted octanol–water partition coefficient (Wildman–Crippen LogP) is 0.945. The number of nitriles is 1. The zero-order valence-electron chi connectivity index (χ0n) is 8.12. The summed E-state index contributed by atoms with van der Waals surface area (Å²) < 4.78 is 4.90. The molecule has 0 saturated carbocycles. The van der Waals surface area contributed by atoms with E-state index in [2.05, 4.69) is 16.4 Å². The van der Waals surface area contributed by atoms with E-state index in [9.17, 15) is 0 Å². The van der Waals surface area contributed by atoms with Gasteiger partial charge in [0.25, 0.3) is 0 Å². The minimum Gasteiger partial charge on any atom is -0.383 e. The van der Waals surface area contributed by atoms with Gasteiger partial charge in [0.05, 0.1) is 24.8 Å². The lowest BCUT2D eigenvalue weighted by molar-refractivity contribution is 0.199.